The van der Waals surface area contributed by atoms with Gasteiger partial charge in [-0.25, -0.2) is 0 Å². The molecule has 68 valence electrons. The summed E-state index contributed by atoms with van der Waals surface area (Å²) in [6.07, 6.45) is 10.0. The van der Waals surface area contributed by atoms with Gasteiger partial charge in [0.1, 0.15) is 0 Å². The van der Waals surface area contributed by atoms with Crippen molar-refractivity contribution in [1.29, 1.82) is 0 Å². The third kappa shape index (κ3) is 2.07. The van der Waals surface area contributed by atoms with E-state index in [-0.39, 0.29) is 6.04 Å². The predicted octanol–water partition coefficient (Wildman–Crippen LogP) is 1.54. The first-order valence-corrected chi connectivity index (χ1v) is 4.39. The molecule has 0 aliphatic carbocycles. The van der Waals surface area contributed by atoms with Crippen LogP contribution < -0.4 is 5.32 Å². The highest BCUT2D eigenvalue weighted by atomic mass is 14.9. The molecule has 2 nitrogen and oxygen atoms in total. The van der Waals surface area contributed by atoms with Crippen molar-refractivity contribution in [3.8, 4) is 12.3 Å². The van der Waals surface area contributed by atoms with E-state index in [0.29, 0.717) is 0 Å². The van der Waals surface area contributed by atoms with Crippen molar-refractivity contribution in [2.24, 2.45) is 0 Å². The minimum atomic E-state index is -0.00190. The Labute approximate surface area is 79.4 Å². The maximum atomic E-state index is 5.41. The van der Waals surface area contributed by atoms with Crippen molar-refractivity contribution >= 4 is 0 Å². The van der Waals surface area contributed by atoms with Gasteiger partial charge in [-0.05, 0) is 30.7 Å². The largest absolute Gasteiger partial charge is 0.303 e. The minimum Gasteiger partial charge on any atom is -0.303 e. The first-order chi connectivity index (χ1) is 6.33. The van der Waals surface area contributed by atoms with Gasteiger partial charge >= 0.3 is 0 Å². The van der Waals surface area contributed by atoms with Gasteiger partial charge in [-0.2, -0.15) is 0 Å². The fourth-order valence-electron chi connectivity index (χ4n) is 1.34. The number of rotatable bonds is 3. The van der Waals surface area contributed by atoms with E-state index in [2.05, 4.69) is 23.1 Å². The van der Waals surface area contributed by atoms with Crippen molar-refractivity contribution in [3.63, 3.8) is 0 Å². The zero-order chi connectivity index (χ0) is 9.68. The normalized spacial score (nSPS) is 12.1. The second kappa shape index (κ2) is 4.64. The molecule has 1 N–H and O–H groups in total. The van der Waals surface area contributed by atoms with E-state index in [1.54, 1.807) is 6.20 Å². The van der Waals surface area contributed by atoms with Gasteiger partial charge in [0, 0.05) is 12.4 Å². The molecule has 0 saturated heterocycles. The van der Waals surface area contributed by atoms with Gasteiger partial charge in [0.2, 0.25) is 0 Å². The Hall–Kier alpha value is -1.33. The predicted molar refractivity (Wildman–Crippen MR) is 54.2 cm³/mol. The zero-order valence-corrected chi connectivity index (χ0v) is 8.04. The topological polar surface area (TPSA) is 24.9 Å². The SMILES string of the molecule is C#CC(NC)c1ccncc1CC. The van der Waals surface area contributed by atoms with Crippen LogP contribution in [0.25, 0.3) is 0 Å². The summed E-state index contributed by atoms with van der Waals surface area (Å²) in [6, 6.07) is 1.97. The van der Waals surface area contributed by atoms with Gasteiger partial charge in [-0.3, -0.25) is 4.98 Å². The summed E-state index contributed by atoms with van der Waals surface area (Å²) in [4.78, 5) is 4.07. The molecule has 1 heterocycles. The van der Waals surface area contributed by atoms with Crippen LogP contribution in [0.4, 0.5) is 0 Å². The molecule has 13 heavy (non-hydrogen) atoms. The van der Waals surface area contributed by atoms with Crippen LogP contribution in [0, 0.1) is 12.3 Å². The molecule has 0 saturated carbocycles. The average molecular weight is 174 g/mol. The highest BCUT2D eigenvalue weighted by Gasteiger charge is 2.08. The molecule has 1 aromatic heterocycles. The number of nitrogens with one attached hydrogen (secondary N) is 1. The molecule has 0 amide bonds. The van der Waals surface area contributed by atoms with Crippen LogP contribution in [0.1, 0.15) is 24.1 Å². The van der Waals surface area contributed by atoms with Crippen molar-refractivity contribution in [2.45, 2.75) is 19.4 Å². The van der Waals surface area contributed by atoms with Crippen LogP contribution in [-0.2, 0) is 6.42 Å². The summed E-state index contributed by atoms with van der Waals surface area (Å²) in [6.45, 7) is 2.10. The number of terminal acetylenes is 1. The lowest BCUT2D eigenvalue weighted by atomic mass is 10.0. The quantitative estimate of drug-likeness (QED) is 0.703. The van der Waals surface area contributed by atoms with Gasteiger partial charge < -0.3 is 5.32 Å². The first kappa shape index (κ1) is 9.76. The summed E-state index contributed by atoms with van der Waals surface area (Å²) in [5.74, 6) is 2.70. The Bertz CT molecular complexity index is 312. The molecule has 0 radical (unpaired) electrons. The molecule has 2 heteroatoms. The molecule has 0 spiro atoms. The standard InChI is InChI=1S/C11H14N2/c1-4-9-8-13-7-6-10(9)11(5-2)12-3/h2,6-8,11-12H,4H2,1,3H3. The van der Waals surface area contributed by atoms with E-state index in [9.17, 15) is 0 Å². The van der Waals surface area contributed by atoms with Crippen molar-refractivity contribution in [2.75, 3.05) is 7.05 Å². The molecule has 1 atom stereocenters. The van der Waals surface area contributed by atoms with Crippen molar-refractivity contribution in [1.82, 2.24) is 10.3 Å². The Balaban J connectivity index is 3.05. The lowest BCUT2D eigenvalue weighted by molar-refractivity contribution is 0.725. The summed E-state index contributed by atoms with van der Waals surface area (Å²) < 4.78 is 0. The molecule has 0 bridgehead atoms. The first-order valence-electron chi connectivity index (χ1n) is 4.39. The molecule has 1 unspecified atom stereocenters. The van der Waals surface area contributed by atoms with Crippen LogP contribution >= 0.6 is 0 Å². The monoisotopic (exact) mass is 174 g/mol. The average Bonchev–Trinajstić information content (AvgIpc) is 2.20. The van der Waals surface area contributed by atoms with E-state index >= 15 is 0 Å². The number of aryl methyl sites for hydroxylation is 1. The second-order valence-electron chi connectivity index (χ2n) is 2.82. The second-order valence-corrected chi connectivity index (χ2v) is 2.82. The summed E-state index contributed by atoms with van der Waals surface area (Å²) in [5.41, 5.74) is 2.36. The number of hydrogen-bond donors (Lipinski definition) is 1. The Morgan fingerprint density at radius 2 is 2.46 bits per heavy atom. The van der Waals surface area contributed by atoms with E-state index in [1.165, 1.54) is 5.56 Å². The van der Waals surface area contributed by atoms with E-state index in [4.69, 9.17) is 6.42 Å². The lowest BCUT2D eigenvalue weighted by Gasteiger charge is -2.13. The van der Waals surface area contributed by atoms with E-state index < -0.39 is 0 Å². The third-order valence-electron chi connectivity index (χ3n) is 2.09. The fraction of sp³-hybridized carbons (Fsp3) is 0.364. The smallest absolute Gasteiger partial charge is 0.0944 e. The molecule has 1 aromatic rings. The Morgan fingerprint density at radius 3 is 3.00 bits per heavy atom. The maximum Gasteiger partial charge on any atom is 0.0944 e. The van der Waals surface area contributed by atoms with Crippen LogP contribution in [0.5, 0.6) is 0 Å². The van der Waals surface area contributed by atoms with Crippen molar-refractivity contribution < 1.29 is 0 Å². The van der Waals surface area contributed by atoms with Crippen LogP contribution in [-0.4, -0.2) is 12.0 Å². The molecular weight excluding hydrogens is 160 g/mol. The fourth-order valence-corrected chi connectivity index (χ4v) is 1.34. The maximum absolute atomic E-state index is 5.41. The molecule has 0 fully saturated rings. The number of nitrogens with zero attached hydrogens (tertiary/aromatic N) is 1. The molecule has 1 rings (SSSR count). The summed E-state index contributed by atoms with van der Waals surface area (Å²) >= 11 is 0. The summed E-state index contributed by atoms with van der Waals surface area (Å²) in [5, 5.41) is 3.08. The number of pyridine rings is 1. The molecule has 0 aromatic carbocycles. The van der Waals surface area contributed by atoms with Crippen LogP contribution in [0.3, 0.4) is 0 Å². The third-order valence-corrected chi connectivity index (χ3v) is 2.09. The molecule has 0 aliphatic heterocycles. The molecule has 0 aliphatic rings. The van der Waals surface area contributed by atoms with E-state index in [1.807, 2.05) is 19.3 Å². The number of aromatic nitrogens is 1. The van der Waals surface area contributed by atoms with Gasteiger partial charge in [-0.1, -0.05) is 12.8 Å². The Kier molecular flexibility index (Phi) is 3.48. The van der Waals surface area contributed by atoms with Gasteiger partial charge in [0.05, 0.1) is 6.04 Å². The van der Waals surface area contributed by atoms with Crippen LogP contribution in [0.2, 0.25) is 0 Å². The van der Waals surface area contributed by atoms with Crippen molar-refractivity contribution in [3.05, 3.63) is 29.6 Å². The molecular formula is C11H14N2. The van der Waals surface area contributed by atoms with Gasteiger partial charge in [-0.15, -0.1) is 6.42 Å². The highest BCUT2D eigenvalue weighted by Crippen LogP contribution is 2.16. The van der Waals surface area contributed by atoms with Gasteiger partial charge in [0.25, 0.3) is 0 Å². The lowest BCUT2D eigenvalue weighted by Crippen LogP contribution is -2.15. The Morgan fingerprint density at radius 1 is 1.69 bits per heavy atom. The highest BCUT2D eigenvalue weighted by molar-refractivity contribution is 5.31. The summed E-state index contributed by atoms with van der Waals surface area (Å²) in [7, 11) is 1.87. The zero-order valence-electron chi connectivity index (χ0n) is 8.04. The minimum absolute atomic E-state index is 0.00190. The number of hydrogen-bond acceptors (Lipinski definition) is 2. The van der Waals surface area contributed by atoms with E-state index in [0.717, 1.165) is 12.0 Å². The van der Waals surface area contributed by atoms with Gasteiger partial charge in [0.15, 0.2) is 0 Å². The van der Waals surface area contributed by atoms with Crippen LogP contribution in [0.15, 0.2) is 18.5 Å².